The van der Waals surface area contributed by atoms with Gasteiger partial charge < -0.3 is 14.8 Å². The van der Waals surface area contributed by atoms with E-state index >= 15 is 0 Å². The summed E-state index contributed by atoms with van der Waals surface area (Å²) in [4.78, 5) is 24.3. The summed E-state index contributed by atoms with van der Waals surface area (Å²) in [5.74, 6) is 1.10. The van der Waals surface area contributed by atoms with E-state index in [0.29, 0.717) is 17.1 Å². The van der Waals surface area contributed by atoms with Gasteiger partial charge in [0.15, 0.2) is 17.3 Å². The molecule has 0 aliphatic carbocycles. The molecule has 2 aromatic carbocycles. The van der Waals surface area contributed by atoms with E-state index in [4.69, 9.17) is 9.47 Å². The minimum atomic E-state index is -0.202. The van der Waals surface area contributed by atoms with Crippen LogP contribution in [-0.4, -0.2) is 24.9 Å². The maximum atomic E-state index is 12.2. The third kappa shape index (κ3) is 6.13. The summed E-state index contributed by atoms with van der Waals surface area (Å²) in [6.07, 6.45) is 0.389. The fourth-order valence-electron chi connectivity index (χ4n) is 2.70. The summed E-state index contributed by atoms with van der Waals surface area (Å²) in [5.41, 5.74) is 1.54. The van der Waals surface area contributed by atoms with Crippen LogP contribution in [0.5, 0.6) is 11.5 Å². The van der Waals surface area contributed by atoms with Gasteiger partial charge in [-0.25, -0.2) is 0 Å². The molecule has 0 saturated heterocycles. The number of rotatable bonds is 9. The summed E-state index contributed by atoms with van der Waals surface area (Å²) >= 11 is 0. The summed E-state index contributed by atoms with van der Waals surface area (Å²) in [6, 6.07) is 14.4. The van der Waals surface area contributed by atoms with Crippen molar-refractivity contribution in [1.82, 2.24) is 5.32 Å². The van der Waals surface area contributed by atoms with Crippen molar-refractivity contribution in [1.29, 1.82) is 0 Å². The van der Waals surface area contributed by atoms with Gasteiger partial charge in [0, 0.05) is 18.4 Å². The molecule has 0 saturated carbocycles. The SMILES string of the molecule is COc1cc(C(C)NC(=O)CCC(=O)c2ccccc2)ccc1OC(C)C. The molecular formula is C22H27NO4. The van der Waals surface area contributed by atoms with Crippen molar-refractivity contribution in [3.63, 3.8) is 0 Å². The van der Waals surface area contributed by atoms with Gasteiger partial charge in [-0.2, -0.15) is 0 Å². The number of ketones is 1. The Morgan fingerprint density at radius 1 is 0.963 bits per heavy atom. The summed E-state index contributed by atoms with van der Waals surface area (Å²) in [6.45, 7) is 5.80. The van der Waals surface area contributed by atoms with E-state index in [2.05, 4.69) is 5.32 Å². The molecule has 0 bridgehead atoms. The van der Waals surface area contributed by atoms with Crippen LogP contribution in [0.15, 0.2) is 48.5 Å². The molecule has 0 heterocycles. The Balaban J connectivity index is 1.93. The number of carbonyl (C=O) groups is 2. The average Bonchev–Trinajstić information content (AvgIpc) is 2.66. The van der Waals surface area contributed by atoms with Crippen molar-refractivity contribution in [2.45, 2.75) is 45.8 Å². The number of methoxy groups -OCH3 is 1. The standard InChI is InChI=1S/C22H27NO4/c1-15(2)27-20-12-10-18(14-21(20)26-4)16(3)23-22(25)13-11-19(24)17-8-6-5-7-9-17/h5-10,12,14-16H,11,13H2,1-4H3,(H,23,25). The van der Waals surface area contributed by atoms with Gasteiger partial charge in [0.1, 0.15) is 0 Å². The normalized spacial score (nSPS) is 11.7. The van der Waals surface area contributed by atoms with E-state index in [1.54, 1.807) is 19.2 Å². The molecule has 2 rings (SSSR count). The highest BCUT2D eigenvalue weighted by molar-refractivity contribution is 5.97. The molecule has 1 N–H and O–H groups in total. The third-order valence-electron chi connectivity index (χ3n) is 4.10. The largest absolute Gasteiger partial charge is 0.493 e. The van der Waals surface area contributed by atoms with E-state index in [1.165, 1.54) is 0 Å². The van der Waals surface area contributed by atoms with Crippen LogP contribution in [0, 0.1) is 0 Å². The van der Waals surface area contributed by atoms with Gasteiger partial charge in [-0.05, 0) is 38.5 Å². The zero-order valence-electron chi connectivity index (χ0n) is 16.3. The lowest BCUT2D eigenvalue weighted by Crippen LogP contribution is -2.27. The second-order valence-electron chi connectivity index (χ2n) is 6.66. The van der Waals surface area contributed by atoms with Gasteiger partial charge in [0.25, 0.3) is 0 Å². The van der Waals surface area contributed by atoms with E-state index in [-0.39, 0.29) is 36.7 Å². The lowest BCUT2D eigenvalue weighted by atomic mass is 10.1. The topological polar surface area (TPSA) is 64.6 Å². The monoisotopic (exact) mass is 369 g/mol. The molecular weight excluding hydrogens is 342 g/mol. The summed E-state index contributed by atoms with van der Waals surface area (Å²) < 4.78 is 11.1. The average molecular weight is 369 g/mol. The third-order valence-corrected chi connectivity index (χ3v) is 4.10. The van der Waals surface area contributed by atoms with Crippen LogP contribution in [0.3, 0.4) is 0 Å². The first-order valence-corrected chi connectivity index (χ1v) is 9.13. The number of carbonyl (C=O) groups excluding carboxylic acids is 2. The van der Waals surface area contributed by atoms with E-state index in [1.807, 2.05) is 57.2 Å². The molecule has 0 aliphatic heterocycles. The van der Waals surface area contributed by atoms with Gasteiger partial charge in [0.05, 0.1) is 19.3 Å². The number of hydrogen-bond donors (Lipinski definition) is 1. The first kappa shape index (κ1) is 20.5. The van der Waals surface area contributed by atoms with Crippen LogP contribution in [0.25, 0.3) is 0 Å². The molecule has 1 unspecified atom stereocenters. The number of benzene rings is 2. The first-order valence-electron chi connectivity index (χ1n) is 9.13. The molecule has 27 heavy (non-hydrogen) atoms. The Labute approximate surface area is 160 Å². The molecule has 1 amide bonds. The minimum absolute atomic E-state index is 0.0322. The van der Waals surface area contributed by atoms with Crippen LogP contribution in [0.2, 0.25) is 0 Å². The zero-order valence-corrected chi connectivity index (χ0v) is 16.3. The number of hydrogen-bond acceptors (Lipinski definition) is 4. The van der Waals surface area contributed by atoms with E-state index < -0.39 is 0 Å². The lowest BCUT2D eigenvalue weighted by molar-refractivity contribution is -0.121. The van der Waals surface area contributed by atoms with Crippen molar-refractivity contribution < 1.29 is 19.1 Å². The molecule has 0 spiro atoms. The molecule has 2 aromatic rings. The van der Waals surface area contributed by atoms with Crippen LogP contribution < -0.4 is 14.8 Å². The second-order valence-corrected chi connectivity index (χ2v) is 6.66. The molecule has 1 atom stereocenters. The van der Waals surface area contributed by atoms with Gasteiger partial charge in [-0.1, -0.05) is 36.4 Å². The molecule has 0 fully saturated rings. The van der Waals surface area contributed by atoms with Crippen LogP contribution >= 0.6 is 0 Å². The predicted octanol–water partition coefficient (Wildman–Crippen LogP) is 4.32. The number of nitrogens with one attached hydrogen (secondary N) is 1. The Hall–Kier alpha value is -2.82. The molecule has 5 nitrogen and oxygen atoms in total. The summed E-state index contributed by atoms with van der Waals surface area (Å²) in [7, 11) is 1.59. The maximum absolute atomic E-state index is 12.2. The highest BCUT2D eigenvalue weighted by Gasteiger charge is 2.15. The Morgan fingerprint density at radius 2 is 1.67 bits per heavy atom. The predicted molar refractivity (Wildman–Crippen MR) is 105 cm³/mol. The molecule has 144 valence electrons. The quantitative estimate of drug-likeness (QED) is 0.669. The fourth-order valence-corrected chi connectivity index (χ4v) is 2.70. The smallest absolute Gasteiger partial charge is 0.220 e. The van der Waals surface area contributed by atoms with Crippen molar-refractivity contribution >= 4 is 11.7 Å². The van der Waals surface area contributed by atoms with Gasteiger partial charge in [0.2, 0.25) is 5.91 Å². The van der Waals surface area contributed by atoms with E-state index in [0.717, 1.165) is 5.56 Å². The van der Waals surface area contributed by atoms with Crippen molar-refractivity contribution in [3.05, 3.63) is 59.7 Å². The van der Waals surface area contributed by atoms with Gasteiger partial charge in [-0.15, -0.1) is 0 Å². The molecule has 0 radical (unpaired) electrons. The van der Waals surface area contributed by atoms with Crippen LogP contribution in [-0.2, 0) is 4.79 Å². The summed E-state index contributed by atoms with van der Waals surface area (Å²) in [5, 5.41) is 2.93. The molecule has 0 aromatic heterocycles. The van der Waals surface area contributed by atoms with Gasteiger partial charge >= 0.3 is 0 Å². The molecule has 0 aliphatic rings. The van der Waals surface area contributed by atoms with E-state index in [9.17, 15) is 9.59 Å². The fraction of sp³-hybridized carbons (Fsp3) is 0.364. The number of ether oxygens (including phenoxy) is 2. The highest BCUT2D eigenvalue weighted by Crippen LogP contribution is 2.31. The Morgan fingerprint density at radius 3 is 2.30 bits per heavy atom. The molecule has 5 heteroatoms. The minimum Gasteiger partial charge on any atom is -0.493 e. The van der Waals surface area contributed by atoms with Gasteiger partial charge in [-0.3, -0.25) is 9.59 Å². The van der Waals surface area contributed by atoms with Crippen LogP contribution in [0.1, 0.15) is 55.6 Å². The number of Topliss-reactive ketones (excluding diaryl/α,β-unsaturated/α-hetero) is 1. The van der Waals surface area contributed by atoms with Crippen molar-refractivity contribution in [3.8, 4) is 11.5 Å². The van der Waals surface area contributed by atoms with Crippen LogP contribution in [0.4, 0.5) is 0 Å². The first-order chi connectivity index (χ1) is 12.9. The Bertz CT molecular complexity index is 771. The van der Waals surface area contributed by atoms with Crippen molar-refractivity contribution in [2.24, 2.45) is 0 Å². The van der Waals surface area contributed by atoms with Crippen molar-refractivity contribution in [2.75, 3.05) is 7.11 Å². The zero-order chi connectivity index (χ0) is 19.8. The number of amides is 1. The highest BCUT2D eigenvalue weighted by atomic mass is 16.5. The Kier molecular flexibility index (Phi) is 7.41. The maximum Gasteiger partial charge on any atom is 0.220 e. The second kappa shape index (κ2) is 9.76. The lowest BCUT2D eigenvalue weighted by Gasteiger charge is -2.18.